The first-order valence-corrected chi connectivity index (χ1v) is 9.72. The first kappa shape index (κ1) is 20.8. The zero-order chi connectivity index (χ0) is 21.5. The molecule has 30 heavy (non-hydrogen) atoms. The number of benzene rings is 3. The average Bonchev–Trinajstić information content (AvgIpc) is 2.79. The number of aryl methyl sites for hydroxylation is 1. The Labute approximate surface area is 175 Å². The molecule has 3 rings (SSSR count). The van der Waals surface area contributed by atoms with Gasteiger partial charge in [0.2, 0.25) is 0 Å². The maximum absolute atomic E-state index is 12.8. The van der Waals surface area contributed by atoms with Gasteiger partial charge in [-0.05, 0) is 48.7 Å². The highest BCUT2D eigenvalue weighted by atomic mass is 16.5. The number of nitrogens with zero attached hydrogens (tertiary/aromatic N) is 1. The molecule has 0 heterocycles. The maximum atomic E-state index is 12.8. The van der Waals surface area contributed by atoms with E-state index >= 15 is 0 Å². The molecule has 150 valence electrons. The molecule has 0 aromatic heterocycles. The topological polar surface area (TPSA) is 79.2 Å². The van der Waals surface area contributed by atoms with Gasteiger partial charge in [0.25, 0.3) is 5.91 Å². The van der Waals surface area contributed by atoms with Gasteiger partial charge in [-0.1, -0.05) is 55.5 Å². The van der Waals surface area contributed by atoms with E-state index in [1.807, 2.05) is 24.3 Å². The molecular weight excluding hydrogens is 376 g/mol. The standard InChI is InChI=1S/C25H22N2O3/c1-3-18-12-14-20(15-13-18)27-24(28)17(2)30-25(29)23-11-7-6-10-22(23)21-9-5-4-8-19(21)16-26/h4-15,17H,3H2,1-2H3,(H,27,28)/t17-/m0/s1. The zero-order valence-electron chi connectivity index (χ0n) is 16.9. The quantitative estimate of drug-likeness (QED) is 0.595. The average molecular weight is 398 g/mol. The number of esters is 1. The summed E-state index contributed by atoms with van der Waals surface area (Å²) >= 11 is 0. The predicted molar refractivity (Wildman–Crippen MR) is 116 cm³/mol. The summed E-state index contributed by atoms with van der Waals surface area (Å²) in [6.45, 7) is 3.58. The number of nitrogens with one attached hydrogen (secondary N) is 1. The van der Waals surface area contributed by atoms with E-state index in [1.165, 1.54) is 12.5 Å². The normalized spacial score (nSPS) is 11.2. The third kappa shape index (κ3) is 4.73. The van der Waals surface area contributed by atoms with Crippen molar-refractivity contribution in [1.82, 2.24) is 0 Å². The fourth-order valence-electron chi connectivity index (χ4n) is 3.06. The van der Waals surface area contributed by atoms with E-state index in [-0.39, 0.29) is 0 Å². The van der Waals surface area contributed by atoms with E-state index in [1.54, 1.807) is 48.5 Å². The minimum absolute atomic E-state index is 0.298. The fourth-order valence-corrected chi connectivity index (χ4v) is 3.06. The number of carbonyl (C=O) groups is 2. The minimum Gasteiger partial charge on any atom is -0.449 e. The first-order valence-electron chi connectivity index (χ1n) is 9.72. The van der Waals surface area contributed by atoms with Gasteiger partial charge >= 0.3 is 5.97 Å². The molecule has 0 spiro atoms. The van der Waals surface area contributed by atoms with Crippen LogP contribution < -0.4 is 5.32 Å². The van der Waals surface area contributed by atoms with E-state index < -0.39 is 18.0 Å². The van der Waals surface area contributed by atoms with Crippen molar-refractivity contribution in [2.24, 2.45) is 0 Å². The van der Waals surface area contributed by atoms with Crippen molar-refractivity contribution in [2.75, 3.05) is 5.32 Å². The lowest BCUT2D eigenvalue weighted by Crippen LogP contribution is -2.30. The monoisotopic (exact) mass is 398 g/mol. The van der Waals surface area contributed by atoms with Crippen LogP contribution in [0.3, 0.4) is 0 Å². The molecule has 5 nitrogen and oxygen atoms in total. The van der Waals surface area contributed by atoms with E-state index in [2.05, 4.69) is 18.3 Å². The number of hydrogen-bond acceptors (Lipinski definition) is 4. The molecule has 3 aromatic rings. The van der Waals surface area contributed by atoms with Crippen molar-refractivity contribution < 1.29 is 14.3 Å². The SMILES string of the molecule is CCc1ccc(NC(=O)[C@H](C)OC(=O)c2ccccc2-c2ccccc2C#N)cc1. The number of ether oxygens (including phenoxy) is 1. The molecule has 0 fully saturated rings. The smallest absolute Gasteiger partial charge is 0.339 e. The van der Waals surface area contributed by atoms with Crippen LogP contribution in [0.1, 0.15) is 35.3 Å². The molecule has 0 bridgehead atoms. The first-order chi connectivity index (χ1) is 14.5. The molecule has 1 N–H and O–H groups in total. The summed E-state index contributed by atoms with van der Waals surface area (Å²) < 4.78 is 5.42. The third-order valence-corrected chi connectivity index (χ3v) is 4.77. The molecule has 3 aromatic carbocycles. The van der Waals surface area contributed by atoms with Gasteiger partial charge in [0.1, 0.15) is 0 Å². The van der Waals surface area contributed by atoms with Crippen LogP contribution in [-0.2, 0) is 16.0 Å². The summed E-state index contributed by atoms with van der Waals surface area (Å²) in [6, 6.07) is 23.6. The fraction of sp³-hybridized carbons (Fsp3) is 0.160. The Morgan fingerprint density at radius 1 is 0.967 bits per heavy atom. The van der Waals surface area contributed by atoms with Gasteiger partial charge in [0.15, 0.2) is 6.10 Å². The second-order valence-electron chi connectivity index (χ2n) is 6.79. The van der Waals surface area contributed by atoms with Gasteiger partial charge in [-0.25, -0.2) is 4.79 Å². The van der Waals surface area contributed by atoms with E-state index in [9.17, 15) is 14.9 Å². The molecule has 0 unspecified atom stereocenters. The predicted octanol–water partition coefficient (Wildman–Crippen LogP) is 4.97. The lowest BCUT2D eigenvalue weighted by Gasteiger charge is -2.16. The maximum Gasteiger partial charge on any atom is 0.339 e. The van der Waals surface area contributed by atoms with Gasteiger partial charge in [-0.3, -0.25) is 4.79 Å². The van der Waals surface area contributed by atoms with Crippen molar-refractivity contribution in [1.29, 1.82) is 5.26 Å². The summed E-state index contributed by atoms with van der Waals surface area (Å²) in [5.41, 5.74) is 3.79. The van der Waals surface area contributed by atoms with Crippen LogP contribution in [0, 0.1) is 11.3 Å². The van der Waals surface area contributed by atoms with Crippen molar-refractivity contribution in [2.45, 2.75) is 26.4 Å². The van der Waals surface area contributed by atoms with Crippen LogP contribution in [0.4, 0.5) is 5.69 Å². The van der Waals surface area contributed by atoms with Crippen LogP contribution in [0.5, 0.6) is 0 Å². The Morgan fingerprint density at radius 3 is 2.27 bits per heavy atom. The molecule has 0 aliphatic carbocycles. The molecule has 1 amide bonds. The van der Waals surface area contributed by atoms with E-state index in [0.717, 1.165) is 6.42 Å². The number of nitriles is 1. The summed E-state index contributed by atoms with van der Waals surface area (Å²) in [5, 5.41) is 12.1. The van der Waals surface area contributed by atoms with Gasteiger partial charge in [0, 0.05) is 11.3 Å². The van der Waals surface area contributed by atoms with Crippen molar-refractivity contribution in [3.63, 3.8) is 0 Å². The third-order valence-electron chi connectivity index (χ3n) is 4.77. The molecule has 0 radical (unpaired) electrons. The Bertz CT molecular complexity index is 1100. The Balaban J connectivity index is 1.76. The Morgan fingerprint density at radius 2 is 1.60 bits per heavy atom. The molecule has 0 saturated carbocycles. The van der Waals surface area contributed by atoms with Crippen LogP contribution in [0.2, 0.25) is 0 Å². The van der Waals surface area contributed by atoms with Gasteiger partial charge in [0.05, 0.1) is 17.2 Å². The largest absolute Gasteiger partial charge is 0.449 e. The minimum atomic E-state index is -0.984. The van der Waals surface area contributed by atoms with Gasteiger partial charge < -0.3 is 10.1 Å². The summed E-state index contributed by atoms with van der Waals surface area (Å²) in [7, 11) is 0. The second kappa shape index (κ2) is 9.53. The second-order valence-corrected chi connectivity index (χ2v) is 6.79. The lowest BCUT2D eigenvalue weighted by molar-refractivity contribution is -0.123. The number of carbonyl (C=O) groups excluding carboxylic acids is 2. The molecular formula is C25H22N2O3. The Hall–Kier alpha value is -3.91. The molecule has 0 aliphatic rings. The number of rotatable bonds is 6. The molecule has 5 heteroatoms. The van der Waals surface area contributed by atoms with Crippen LogP contribution in [0.25, 0.3) is 11.1 Å². The van der Waals surface area contributed by atoms with Crippen molar-refractivity contribution in [3.8, 4) is 17.2 Å². The lowest BCUT2D eigenvalue weighted by atomic mass is 9.96. The van der Waals surface area contributed by atoms with Crippen molar-refractivity contribution in [3.05, 3.63) is 89.5 Å². The van der Waals surface area contributed by atoms with E-state index in [0.29, 0.717) is 27.9 Å². The number of amides is 1. The number of anilines is 1. The van der Waals surface area contributed by atoms with Crippen LogP contribution >= 0.6 is 0 Å². The van der Waals surface area contributed by atoms with Crippen LogP contribution in [-0.4, -0.2) is 18.0 Å². The van der Waals surface area contributed by atoms with Crippen molar-refractivity contribution >= 4 is 17.6 Å². The zero-order valence-corrected chi connectivity index (χ0v) is 16.9. The summed E-state index contributed by atoms with van der Waals surface area (Å²) in [5.74, 6) is -1.04. The highest BCUT2D eigenvalue weighted by Crippen LogP contribution is 2.27. The highest BCUT2D eigenvalue weighted by molar-refractivity contribution is 6.01. The van der Waals surface area contributed by atoms with Gasteiger partial charge in [-0.15, -0.1) is 0 Å². The molecule has 0 saturated heterocycles. The van der Waals surface area contributed by atoms with Gasteiger partial charge in [-0.2, -0.15) is 5.26 Å². The molecule has 0 aliphatic heterocycles. The molecule has 1 atom stereocenters. The highest BCUT2D eigenvalue weighted by Gasteiger charge is 2.22. The summed E-state index contributed by atoms with van der Waals surface area (Å²) in [6.07, 6.45) is -0.0704. The Kier molecular flexibility index (Phi) is 6.61. The number of hydrogen-bond donors (Lipinski definition) is 1. The summed E-state index contributed by atoms with van der Waals surface area (Å²) in [4.78, 5) is 25.3. The van der Waals surface area contributed by atoms with Crippen LogP contribution in [0.15, 0.2) is 72.8 Å². The van der Waals surface area contributed by atoms with E-state index in [4.69, 9.17) is 4.74 Å².